The first kappa shape index (κ1) is 26.5. The van der Waals surface area contributed by atoms with Crippen LogP contribution >= 0.6 is 0 Å². The number of allylic oxidation sites excluding steroid dienone is 2. The Bertz CT molecular complexity index is 1170. The molecule has 2 aromatic rings. The van der Waals surface area contributed by atoms with Crippen molar-refractivity contribution < 1.29 is 38.8 Å². The third kappa shape index (κ3) is 7.44. The number of carbonyl (C=O) groups excluding carboxylic acids is 3. The summed E-state index contributed by atoms with van der Waals surface area (Å²) in [5, 5.41) is 19.4. The molecule has 1 aliphatic rings. The van der Waals surface area contributed by atoms with Crippen LogP contribution in [-0.2, 0) is 9.59 Å². The molecule has 0 aromatic heterocycles. The molecule has 36 heavy (non-hydrogen) atoms. The predicted octanol–water partition coefficient (Wildman–Crippen LogP) is 3.62. The topological polar surface area (TPSA) is 123 Å². The number of aliphatic hydroxyl groups is 1. The number of aromatic hydroxyl groups is 1. The highest BCUT2D eigenvalue weighted by molar-refractivity contribution is 6.10. The maximum atomic E-state index is 12.4. The maximum Gasteiger partial charge on any atom is 0.415 e. The molecule has 1 atom stereocenters. The molecule has 190 valence electrons. The molecule has 0 spiro atoms. The van der Waals surface area contributed by atoms with Gasteiger partial charge >= 0.3 is 6.09 Å². The van der Waals surface area contributed by atoms with Crippen LogP contribution < -0.4 is 14.2 Å². The molecule has 2 N–H and O–H groups in total. The molecule has 0 saturated carbocycles. The van der Waals surface area contributed by atoms with Gasteiger partial charge in [0, 0.05) is 13.1 Å². The number of ether oxygens (including phenoxy) is 3. The fourth-order valence-electron chi connectivity index (χ4n) is 3.62. The Balaban J connectivity index is 1.57. The summed E-state index contributed by atoms with van der Waals surface area (Å²) in [6, 6.07) is 9.46. The number of aliphatic hydroxyl groups excluding tert-OH is 1. The number of likely N-dealkylation sites (tertiary alicyclic amines) is 1. The third-order valence-electron chi connectivity index (χ3n) is 5.52. The quantitative estimate of drug-likeness (QED) is 0.400. The van der Waals surface area contributed by atoms with Crippen LogP contribution in [0.25, 0.3) is 12.2 Å². The van der Waals surface area contributed by atoms with E-state index in [1.54, 1.807) is 36.4 Å². The van der Waals surface area contributed by atoms with Crippen molar-refractivity contribution >= 4 is 29.8 Å². The van der Waals surface area contributed by atoms with Gasteiger partial charge in [0.15, 0.2) is 34.6 Å². The molecule has 0 radical (unpaired) electrons. The Kier molecular flexibility index (Phi) is 9.24. The van der Waals surface area contributed by atoms with E-state index >= 15 is 0 Å². The number of benzene rings is 2. The van der Waals surface area contributed by atoms with Crippen LogP contribution in [0.4, 0.5) is 4.79 Å². The number of hydrogen-bond acceptors (Lipinski definition) is 8. The summed E-state index contributed by atoms with van der Waals surface area (Å²) in [4.78, 5) is 38.2. The summed E-state index contributed by atoms with van der Waals surface area (Å²) >= 11 is 0. The summed E-state index contributed by atoms with van der Waals surface area (Å²) < 4.78 is 15.8. The number of β-amino-alcohol motifs (C(OH)–C–C–N with tert-alkyl or cyclic N) is 1. The molecule has 1 heterocycles. The van der Waals surface area contributed by atoms with Crippen LogP contribution in [0.3, 0.4) is 0 Å². The van der Waals surface area contributed by atoms with Crippen LogP contribution in [0.5, 0.6) is 23.0 Å². The molecule has 0 aliphatic carbocycles. The van der Waals surface area contributed by atoms with Crippen molar-refractivity contribution in [3.63, 3.8) is 0 Å². The second kappa shape index (κ2) is 12.6. The van der Waals surface area contributed by atoms with Gasteiger partial charge in [-0.1, -0.05) is 24.3 Å². The molecule has 2 aromatic carbocycles. The van der Waals surface area contributed by atoms with Gasteiger partial charge in [-0.05, 0) is 60.4 Å². The van der Waals surface area contributed by atoms with Crippen molar-refractivity contribution in [3.8, 4) is 23.0 Å². The summed E-state index contributed by atoms with van der Waals surface area (Å²) in [7, 11) is 2.86. The van der Waals surface area contributed by atoms with Crippen LogP contribution in [0.1, 0.15) is 30.4 Å². The van der Waals surface area contributed by atoms with E-state index in [0.29, 0.717) is 36.3 Å². The molecule has 0 bridgehead atoms. The zero-order chi connectivity index (χ0) is 26.1. The molecule has 3 rings (SSSR count). The van der Waals surface area contributed by atoms with Crippen molar-refractivity contribution in [1.82, 2.24) is 4.90 Å². The van der Waals surface area contributed by atoms with Gasteiger partial charge in [-0.3, -0.25) is 9.59 Å². The molecular weight excluding hydrogens is 466 g/mol. The van der Waals surface area contributed by atoms with Crippen molar-refractivity contribution in [3.05, 3.63) is 59.7 Å². The monoisotopic (exact) mass is 495 g/mol. The van der Waals surface area contributed by atoms with Gasteiger partial charge in [-0.15, -0.1) is 0 Å². The number of hydrogen-bond donors (Lipinski definition) is 2. The van der Waals surface area contributed by atoms with Gasteiger partial charge in [0.1, 0.15) is 0 Å². The van der Waals surface area contributed by atoms with Gasteiger partial charge in [0.25, 0.3) is 0 Å². The van der Waals surface area contributed by atoms with E-state index in [4.69, 9.17) is 14.2 Å². The SMILES string of the molecule is COc1cc(/C=C/C(=O)CC(=O)/C=C/c2ccc(OC(=O)N3CCCC(O)C3)c(OC)c2)ccc1O. The van der Waals surface area contributed by atoms with Crippen LogP contribution in [0, 0.1) is 0 Å². The summed E-state index contributed by atoms with van der Waals surface area (Å²) in [6.07, 6.45) is 5.60. The average molecular weight is 496 g/mol. The number of phenols is 1. The number of amides is 1. The fourth-order valence-corrected chi connectivity index (χ4v) is 3.62. The third-order valence-corrected chi connectivity index (χ3v) is 5.52. The van der Waals surface area contributed by atoms with E-state index in [-0.39, 0.29) is 41.8 Å². The highest BCUT2D eigenvalue weighted by Crippen LogP contribution is 2.30. The first-order chi connectivity index (χ1) is 17.3. The van der Waals surface area contributed by atoms with E-state index in [1.807, 2.05) is 0 Å². The van der Waals surface area contributed by atoms with Crippen molar-refractivity contribution in [2.75, 3.05) is 27.3 Å². The van der Waals surface area contributed by atoms with Crippen molar-refractivity contribution in [2.24, 2.45) is 0 Å². The second-order valence-corrected chi connectivity index (χ2v) is 8.23. The van der Waals surface area contributed by atoms with Crippen LogP contribution in [0.15, 0.2) is 48.6 Å². The fraction of sp³-hybridized carbons (Fsp3) is 0.296. The van der Waals surface area contributed by atoms with E-state index < -0.39 is 12.2 Å². The van der Waals surface area contributed by atoms with Crippen molar-refractivity contribution in [1.29, 1.82) is 0 Å². The number of piperidine rings is 1. The number of nitrogens with zero attached hydrogens (tertiary/aromatic N) is 1. The standard InChI is InChI=1S/C27H29NO8/c1-34-25-14-18(7-11-23(25)32)5-9-20(29)16-21(30)10-6-19-8-12-24(26(15-19)35-2)36-27(33)28-13-3-4-22(31)17-28/h5-12,14-15,22,31-32H,3-4,13,16-17H2,1-2H3/b9-5+,10-6+. The van der Waals surface area contributed by atoms with E-state index in [2.05, 4.69) is 0 Å². The lowest BCUT2D eigenvalue weighted by Crippen LogP contribution is -2.43. The maximum absolute atomic E-state index is 12.4. The zero-order valence-corrected chi connectivity index (χ0v) is 20.2. The molecule has 9 heteroatoms. The van der Waals surface area contributed by atoms with Gasteiger partial charge in [-0.2, -0.15) is 0 Å². The van der Waals surface area contributed by atoms with E-state index in [0.717, 1.165) is 0 Å². The highest BCUT2D eigenvalue weighted by Gasteiger charge is 2.24. The molecule has 1 amide bonds. The first-order valence-corrected chi connectivity index (χ1v) is 11.4. The summed E-state index contributed by atoms with van der Waals surface area (Å²) in [5.41, 5.74) is 1.26. The number of methoxy groups -OCH3 is 2. The van der Waals surface area contributed by atoms with Crippen LogP contribution in [-0.4, -0.2) is 66.2 Å². The number of ketones is 2. The Morgan fingerprint density at radius 1 is 0.944 bits per heavy atom. The largest absolute Gasteiger partial charge is 0.504 e. The van der Waals surface area contributed by atoms with E-state index in [9.17, 15) is 24.6 Å². The van der Waals surface area contributed by atoms with Gasteiger partial charge < -0.3 is 29.3 Å². The number of carbonyl (C=O) groups is 3. The second-order valence-electron chi connectivity index (χ2n) is 8.23. The normalized spacial score (nSPS) is 15.8. The lowest BCUT2D eigenvalue weighted by atomic mass is 10.1. The Morgan fingerprint density at radius 2 is 1.56 bits per heavy atom. The summed E-state index contributed by atoms with van der Waals surface area (Å²) in [6.45, 7) is 0.735. The number of phenolic OH excluding ortho intramolecular Hbond substituents is 1. The summed E-state index contributed by atoms with van der Waals surface area (Å²) in [5.74, 6) is 0.0394. The first-order valence-electron chi connectivity index (χ1n) is 11.4. The minimum absolute atomic E-state index is 0.00838. The lowest BCUT2D eigenvalue weighted by Gasteiger charge is -2.29. The highest BCUT2D eigenvalue weighted by atomic mass is 16.6. The minimum Gasteiger partial charge on any atom is -0.504 e. The Hall–Kier alpha value is -4.11. The average Bonchev–Trinajstić information content (AvgIpc) is 2.87. The zero-order valence-electron chi connectivity index (χ0n) is 20.2. The molecule has 1 unspecified atom stereocenters. The molecule has 1 fully saturated rings. The van der Waals surface area contributed by atoms with Gasteiger partial charge in [0.05, 0.1) is 26.7 Å². The van der Waals surface area contributed by atoms with Crippen molar-refractivity contribution in [2.45, 2.75) is 25.4 Å². The van der Waals surface area contributed by atoms with Gasteiger partial charge in [0.2, 0.25) is 0 Å². The predicted molar refractivity (Wildman–Crippen MR) is 133 cm³/mol. The molecule has 9 nitrogen and oxygen atoms in total. The Labute approximate surface area is 209 Å². The molecule has 1 saturated heterocycles. The molecule has 1 aliphatic heterocycles. The lowest BCUT2D eigenvalue weighted by molar-refractivity contribution is -0.121. The molecular formula is C27H29NO8. The smallest absolute Gasteiger partial charge is 0.415 e. The van der Waals surface area contributed by atoms with E-state index in [1.165, 1.54) is 43.4 Å². The van der Waals surface area contributed by atoms with Crippen LogP contribution in [0.2, 0.25) is 0 Å². The number of rotatable bonds is 9. The van der Waals surface area contributed by atoms with Gasteiger partial charge in [-0.25, -0.2) is 4.79 Å². The minimum atomic E-state index is -0.567. The Morgan fingerprint density at radius 3 is 2.17 bits per heavy atom.